The number of halogens is 2. The molecule has 0 spiro atoms. The maximum Gasteiger partial charge on any atom is 0.225 e. The zero-order chi connectivity index (χ0) is 19.5. The largest absolute Gasteiger partial charge is 0.349 e. The van der Waals surface area contributed by atoms with Crippen molar-refractivity contribution in [1.82, 2.24) is 15.1 Å². The Kier molecular flexibility index (Phi) is 5.69. The van der Waals surface area contributed by atoms with Crippen molar-refractivity contribution >= 4 is 29.1 Å². The van der Waals surface area contributed by atoms with Crippen LogP contribution in [0.5, 0.6) is 0 Å². The third kappa shape index (κ3) is 4.08. The molecule has 0 aliphatic heterocycles. The summed E-state index contributed by atoms with van der Waals surface area (Å²) in [6.45, 7) is 0.742. The number of benzene rings is 2. The number of carbonyl (C=O) groups excluding carboxylic acids is 1. The van der Waals surface area contributed by atoms with Gasteiger partial charge in [-0.05, 0) is 42.5 Å². The number of hydrogen-bond donors (Lipinski definition) is 1. The van der Waals surface area contributed by atoms with Crippen LogP contribution in [0, 0.1) is 0 Å². The fourth-order valence-corrected chi connectivity index (χ4v) is 4.30. The lowest BCUT2D eigenvalue weighted by Crippen LogP contribution is -2.32. The molecule has 3 aromatic rings. The number of nitrogens with one attached hydrogen (secondary N) is 1. The first-order valence-corrected chi connectivity index (χ1v) is 10.2. The van der Waals surface area contributed by atoms with Gasteiger partial charge in [-0.25, -0.2) is 0 Å². The quantitative estimate of drug-likeness (QED) is 0.641. The van der Waals surface area contributed by atoms with Crippen molar-refractivity contribution in [2.24, 2.45) is 0 Å². The van der Waals surface area contributed by atoms with Crippen LogP contribution in [0.2, 0.25) is 10.0 Å². The third-order valence-electron chi connectivity index (χ3n) is 5.17. The van der Waals surface area contributed by atoms with E-state index in [1.54, 1.807) is 18.2 Å². The van der Waals surface area contributed by atoms with Gasteiger partial charge >= 0.3 is 0 Å². The molecule has 1 unspecified atom stereocenters. The fraction of sp³-hybridized carbons (Fsp3) is 0.273. The SMILES string of the molecule is O=C(Cc1c(Cl)cccc1Cl)NC1CCCc2c1cnn2Cc1ccccc1. The van der Waals surface area contributed by atoms with Crippen LogP contribution in [0.15, 0.2) is 54.7 Å². The molecule has 28 heavy (non-hydrogen) atoms. The average Bonchev–Trinajstić information content (AvgIpc) is 3.10. The number of amides is 1. The van der Waals surface area contributed by atoms with Crippen molar-refractivity contribution in [2.45, 2.75) is 38.3 Å². The molecule has 4 rings (SSSR count). The predicted molar refractivity (Wildman–Crippen MR) is 112 cm³/mol. The number of nitrogens with zero attached hydrogens (tertiary/aromatic N) is 2. The summed E-state index contributed by atoms with van der Waals surface area (Å²) in [5, 5.41) is 8.76. The molecule has 1 atom stereocenters. The van der Waals surface area contributed by atoms with Crippen LogP contribution >= 0.6 is 23.2 Å². The summed E-state index contributed by atoms with van der Waals surface area (Å²) in [6.07, 6.45) is 4.97. The van der Waals surface area contributed by atoms with E-state index in [4.69, 9.17) is 23.2 Å². The summed E-state index contributed by atoms with van der Waals surface area (Å²) >= 11 is 12.4. The van der Waals surface area contributed by atoms with Crippen LogP contribution in [0.3, 0.4) is 0 Å². The van der Waals surface area contributed by atoms with Gasteiger partial charge in [0.1, 0.15) is 0 Å². The molecule has 1 aliphatic rings. The fourth-order valence-electron chi connectivity index (χ4n) is 3.77. The minimum absolute atomic E-state index is 0.0259. The van der Waals surface area contributed by atoms with Crippen LogP contribution in [0.1, 0.15) is 41.3 Å². The van der Waals surface area contributed by atoms with Crippen LogP contribution in [0.25, 0.3) is 0 Å². The zero-order valence-corrected chi connectivity index (χ0v) is 16.9. The van der Waals surface area contributed by atoms with E-state index in [9.17, 15) is 4.79 Å². The van der Waals surface area contributed by atoms with Gasteiger partial charge in [0, 0.05) is 21.3 Å². The van der Waals surface area contributed by atoms with Gasteiger partial charge in [-0.15, -0.1) is 0 Å². The van der Waals surface area contributed by atoms with E-state index in [1.807, 2.05) is 29.1 Å². The van der Waals surface area contributed by atoms with E-state index in [-0.39, 0.29) is 18.4 Å². The molecule has 144 valence electrons. The molecule has 2 aromatic carbocycles. The Morgan fingerprint density at radius 1 is 1.11 bits per heavy atom. The summed E-state index contributed by atoms with van der Waals surface area (Å²) in [5.74, 6) is -0.0799. The predicted octanol–water partition coefficient (Wildman–Crippen LogP) is 4.97. The molecular weight excluding hydrogens is 393 g/mol. The van der Waals surface area contributed by atoms with E-state index in [2.05, 4.69) is 22.5 Å². The van der Waals surface area contributed by atoms with Crippen molar-refractivity contribution in [3.8, 4) is 0 Å². The molecule has 1 aromatic heterocycles. The van der Waals surface area contributed by atoms with Gasteiger partial charge in [0.25, 0.3) is 0 Å². The highest BCUT2D eigenvalue weighted by molar-refractivity contribution is 6.36. The standard InChI is InChI=1S/C22H21Cl2N3O/c23-18-8-4-9-19(24)16(18)12-22(28)26-20-10-5-11-21-17(20)13-25-27(21)14-15-6-2-1-3-7-15/h1-4,6-9,13,20H,5,10-12,14H2,(H,26,28). The zero-order valence-electron chi connectivity index (χ0n) is 15.4. The summed E-state index contributed by atoms with van der Waals surface area (Å²) in [6, 6.07) is 15.5. The number of rotatable bonds is 5. The molecular formula is C22H21Cl2N3O. The van der Waals surface area contributed by atoms with Gasteiger partial charge in [-0.3, -0.25) is 9.48 Å². The maximum atomic E-state index is 12.6. The first-order chi connectivity index (χ1) is 13.6. The van der Waals surface area contributed by atoms with Crippen molar-refractivity contribution in [1.29, 1.82) is 0 Å². The van der Waals surface area contributed by atoms with Gasteiger partial charge in [0.15, 0.2) is 0 Å². The summed E-state index contributed by atoms with van der Waals surface area (Å²) in [4.78, 5) is 12.6. The Morgan fingerprint density at radius 2 is 1.86 bits per heavy atom. The van der Waals surface area contributed by atoms with E-state index >= 15 is 0 Å². The minimum Gasteiger partial charge on any atom is -0.349 e. The number of hydrogen-bond acceptors (Lipinski definition) is 2. The van der Waals surface area contributed by atoms with Crippen molar-refractivity contribution < 1.29 is 4.79 Å². The Bertz CT molecular complexity index is 964. The summed E-state index contributed by atoms with van der Waals surface area (Å²) in [7, 11) is 0. The summed E-state index contributed by atoms with van der Waals surface area (Å²) < 4.78 is 2.05. The molecule has 0 bridgehead atoms. The van der Waals surface area contributed by atoms with E-state index in [0.717, 1.165) is 31.4 Å². The monoisotopic (exact) mass is 413 g/mol. The van der Waals surface area contributed by atoms with E-state index < -0.39 is 0 Å². The Balaban J connectivity index is 1.48. The lowest BCUT2D eigenvalue weighted by atomic mass is 9.92. The second-order valence-electron chi connectivity index (χ2n) is 7.08. The van der Waals surface area contributed by atoms with Crippen molar-refractivity contribution in [2.75, 3.05) is 0 Å². The van der Waals surface area contributed by atoms with Crippen LogP contribution in [-0.4, -0.2) is 15.7 Å². The number of aromatic nitrogens is 2. The lowest BCUT2D eigenvalue weighted by Gasteiger charge is -2.24. The van der Waals surface area contributed by atoms with Gasteiger partial charge in [-0.2, -0.15) is 5.10 Å². The Hall–Kier alpha value is -2.30. The average molecular weight is 414 g/mol. The molecule has 1 heterocycles. The second kappa shape index (κ2) is 8.38. The molecule has 1 amide bonds. The highest BCUT2D eigenvalue weighted by atomic mass is 35.5. The molecule has 4 nitrogen and oxygen atoms in total. The Labute approximate surface area is 174 Å². The second-order valence-corrected chi connectivity index (χ2v) is 7.89. The molecule has 0 saturated heterocycles. The van der Waals surface area contributed by atoms with Crippen LogP contribution < -0.4 is 5.32 Å². The molecule has 1 aliphatic carbocycles. The lowest BCUT2D eigenvalue weighted by molar-refractivity contribution is -0.121. The van der Waals surface area contributed by atoms with Crippen molar-refractivity contribution in [3.05, 3.63) is 87.2 Å². The third-order valence-corrected chi connectivity index (χ3v) is 5.88. The van der Waals surface area contributed by atoms with Gasteiger partial charge in [-0.1, -0.05) is 59.6 Å². The van der Waals surface area contributed by atoms with E-state index in [1.165, 1.54) is 11.3 Å². The van der Waals surface area contributed by atoms with Crippen LogP contribution in [-0.2, 0) is 24.2 Å². The van der Waals surface area contributed by atoms with Gasteiger partial charge in [0.05, 0.1) is 25.2 Å². The molecule has 0 radical (unpaired) electrons. The molecule has 0 fully saturated rings. The topological polar surface area (TPSA) is 46.9 Å². The highest BCUT2D eigenvalue weighted by Gasteiger charge is 2.26. The van der Waals surface area contributed by atoms with Crippen molar-refractivity contribution in [3.63, 3.8) is 0 Å². The summed E-state index contributed by atoms with van der Waals surface area (Å²) in [5.41, 5.74) is 4.20. The number of carbonyl (C=O) groups is 1. The minimum atomic E-state index is -0.0799. The highest BCUT2D eigenvalue weighted by Crippen LogP contribution is 2.31. The normalized spacial score (nSPS) is 15.9. The Morgan fingerprint density at radius 3 is 2.61 bits per heavy atom. The number of fused-ring (bicyclic) bond motifs is 1. The molecule has 0 saturated carbocycles. The molecule has 6 heteroatoms. The first kappa shape index (κ1) is 19.0. The van der Waals surface area contributed by atoms with Gasteiger partial charge in [0.2, 0.25) is 5.91 Å². The smallest absolute Gasteiger partial charge is 0.225 e. The molecule has 1 N–H and O–H groups in total. The maximum absolute atomic E-state index is 12.6. The van der Waals surface area contributed by atoms with E-state index in [0.29, 0.717) is 15.6 Å². The van der Waals surface area contributed by atoms with Gasteiger partial charge < -0.3 is 5.32 Å². The first-order valence-electron chi connectivity index (χ1n) is 9.42. The van der Waals surface area contributed by atoms with Crippen LogP contribution in [0.4, 0.5) is 0 Å².